The van der Waals surface area contributed by atoms with Gasteiger partial charge in [-0.3, -0.25) is 0 Å². The lowest BCUT2D eigenvalue weighted by atomic mass is 9.93. The molecule has 2 heteroatoms. The van der Waals surface area contributed by atoms with E-state index in [4.69, 9.17) is 4.74 Å². The van der Waals surface area contributed by atoms with Crippen LogP contribution in [0.2, 0.25) is 0 Å². The van der Waals surface area contributed by atoms with Crippen molar-refractivity contribution in [3.05, 3.63) is 133 Å². The summed E-state index contributed by atoms with van der Waals surface area (Å²) in [6, 6.07) is 48.0. The fourth-order valence-corrected chi connectivity index (χ4v) is 7.50. The first-order chi connectivity index (χ1) is 17.3. The standard InChI is InChI=1S/C33H25OP/c1-34-30-23-22-24-12-8-9-19-28(24)33(30)29-20-10-13-25-14-11-21-31(32(25)29)35(26-15-4-2-5-16-26)27-17-6-3-7-18-27/h2-23H,1H3. The Bertz CT molecular complexity index is 1580. The topological polar surface area (TPSA) is 9.23 Å². The first-order valence-corrected chi connectivity index (χ1v) is 13.2. The molecule has 0 atom stereocenters. The molecular formula is C33H25OP. The molecule has 0 spiro atoms. The molecule has 0 heterocycles. The average Bonchev–Trinajstić information content (AvgIpc) is 2.93. The Morgan fingerprint density at radius 2 is 1.11 bits per heavy atom. The van der Waals surface area contributed by atoms with Crippen LogP contribution in [0.1, 0.15) is 0 Å². The molecule has 0 saturated heterocycles. The van der Waals surface area contributed by atoms with Crippen LogP contribution in [0.25, 0.3) is 32.7 Å². The van der Waals surface area contributed by atoms with E-state index in [0.29, 0.717) is 0 Å². The molecule has 6 aromatic carbocycles. The van der Waals surface area contributed by atoms with E-state index in [0.717, 1.165) is 11.3 Å². The van der Waals surface area contributed by atoms with Crippen LogP contribution in [-0.4, -0.2) is 7.11 Å². The lowest BCUT2D eigenvalue weighted by molar-refractivity contribution is 0.417. The van der Waals surface area contributed by atoms with E-state index in [1.165, 1.54) is 43.0 Å². The van der Waals surface area contributed by atoms with Crippen LogP contribution in [0.15, 0.2) is 133 Å². The molecule has 0 radical (unpaired) electrons. The van der Waals surface area contributed by atoms with Gasteiger partial charge in [0.1, 0.15) is 5.75 Å². The molecule has 0 saturated carbocycles. The number of methoxy groups -OCH3 is 1. The fraction of sp³-hybridized carbons (Fsp3) is 0.0303. The lowest BCUT2D eigenvalue weighted by Crippen LogP contribution is -2.21. The zero-order valence-electron chi connectivity index (χ0n) is 19.6. The van der Waals surface area contributed by atoms with Gasteiger partial charge in [-0.05, 0) is 57.0 Å². The molecular weight excluding hydrogens is 443 g/mol. The van der Waals surface area contributed by atoms with Crippen LogP contribution in [0.5, 0.6) is 5.75 Å². The number of hydrogen-bond acceptors (Lipinski definition) is 1. The molecule has 1 nitrogen and oxygen atoms in total. The Labute approximate surface area is 207 Å². The van der Waals surface area contributed by atoms with E-state index < -0.39 is 7.92 Å². The van der Waals surface area contributed by atoms with Gasteiger partial charge in [0.05, 0.1) is 7.11 Å². The molecule has 0 aromatic heterocycles. The van der Waals surface area contributed by atoms with Gasteiger partial charge in [-0.2, -0.15) is 0 Å². The van der Waals surface area contributed by atoms with Gasteiger partial charge in [-0.25, -0.2) is 0 Å². The monoisotopic (exact) mass is 468 g/mol. The number of hydrogen-bond donors (Lipinski definition) is 0. The number of rotatable bonds is 5. The van der Waals surface area contributed by atoms with Crippen molar-refractivity contribution in [3.63, 3.8) is 0 Å². The second kappa shape index (κ2) is 9.37. The van der Waals surface area contributed by atoms with Crippen molar-refractivity contribution in [2.45, 2.75) is 0 Å². The average molecular weight is 469 g/mol. The molecule has 6 rings (SSSR count). The van der Waals surface area contributed by atoms with Gasteiger partial charge >= 0.3 is 0 Å². The van der Waals surface area contributed by atoms with E-state index in [9.17, 15) is 0 Å². The minimum atomic E-state index is -0.750. The summed E-state index contributed by atoms with van der Waals surface area (Å²) in [5.74, 6) is 0.898. The van der Waals surface area contributed by atoms with Crippen molar-refractivity contribution in [2.24, 2.45) is 0 Å². The van der Waals surface area contributed by atoms with Gasteiger partial charge in [0.15, 0.2) is 0 Å². The summed E-state index contributed by atoms with van der Waals surface area (Å²) in [5, 5.41) is 9.02. The largest absolute Gasteiger partial charge is 0.496 e. The van der Waals surface area contributed by atoms with E-state index in [1.54, 1.807) is 7.11 Å². The summed E-state index contributed by atoms with van der Waals surface area (Å²) in [7, 11) is 1.01. The quantitative estimate of drug-likeness (QED) is 0.239. The van der Waals surface area contributed by atoms with Crippen LogP contribution in [0.3, 0.4) is 0 Å². The Kier molecular flexibility index (Phi) is 5.78. The summed E-state index contributed by atoms with van der Waals surface area (Å²) in [6.07, 6.45) is 0. The molecule has 0 unspecified atom stereocenters. The summed E-state index contributed by atoms with van der Waals surface area (Å²) in [5.41, 5.74) is 2.37. The molecule has 0 fully saturated rings. The van der Waals surface area contributed by atoms with Crippen LogP contribution in [0.4, 0.5) is 0 Å². The number of fused-ring (bicyclic) bond motifs is 2. The van der Waals surface area contributed by atoms with Crippen molar-refractivity contribution in [3.8, 4) is 16.9 Å². The highest BCUT2D eigenvalue weighted by atomic mass is 31.1. The first-order valence-electron chi connectivity index (χ1n) is 11.8. The maximum Gasteiger partial charge on any atom is 0.127 e. The lowest BCUT2D eigenvalue weighted by Gasteiger charge is -2.23. The van der Waals surface area contributed by atoms with Crippen LogP contribution < -0.4 is 20.7 Å². The van der Waals surface area contributed by atoms with Gasteiger partial charge < -0.3 is 4.74 Å². The molecule has 168 valence electrons. The second-order valence-corrected chi connectivity index (χ2v) is 10.7. The van der Waals surface area contributed by atoms with E-state index in [2.05, 4.69) is 133 Å². The van der Waals surface area contributed by atoms with Gasteiger partial charge in [0.25, 0.3) is 0 Å². The molecule has 0 bridgehead atoms. The molecule has 6 aromatic rings. The maximum absolute atomic E-state index is 5.93. The summed E-state index contributed by atoms with van der Waals surface area (Å²) < 4.78 is 5.93. The Hall–Kier alpha value is -3.93. The van der Waals surface area contributed by atoms with Crippen LogP contribution in [-0.2, 0) is 0 Å². The zero-order valence-corrected chi connectivity index (χ0v) is 20.5. The zero-order chi connectivity index (χ0) is 23.6. The highest BCUT2D eigenvalue weighted by Crippen LogP contribution is 2.43. The third-order valence-corrected chi connectivity index (χ3v) is 9.02. The minimum absolute atomic E-state index is 0.750. The van der Waals surface area contributed by atoms with E-state index in [-0.39, 0.29) is 0 Å². The summed E-state index contributed by atoms with van der Waals surface area (Å²) >= 11 is 0. The van der Waals surface area contributed by atoms with Crippen LogP contribution in [0, 0.1) is 0 Å². The Morgan fingerprint density at radius 3 is 1.80 bits per heavy atom. The van der Waals surface area contributed by atoms with Crippen molar-refractivity contribution in [1.29, 1.82) is 0 Å². The van der Waals surface area contributed by atoms with Crippen molar-refractivity contribution in [1.82, 2.24) is 0 Å². The predicted molar refractivity (Wildman–Crippen MR) is 152 cm³/mol. The number of benzene rings is 6. The summed E-state index contributed by atoms with van der Waals surface area (Å²) in [6.45, 7) is 0. The van der Waals surface area contributed by atoms with Crippen molar-refractivity contribution in [2.75, 3.05) is 7.11 Å². The maximum atomic E-state index is 5.93. The van der Waals surface area contributed by atoms with Gasteiger partial charge in [0, 0.05) is 5.56 Å². The van der Waals surface area contributed by atoms with E-state index in [1.807, 2.05) is 0 Å². The third-order valence-electron chi connectivity index (χ3n) is 6.53. The first kappa shape index (κ1) is 21.6. The highest BCUT2D eigenvalue weighted by Gasteiger charge is 2.22. The second-order valence-electron chi connectivity index (χ2n) is 8.55. The smallest absolute Gasteiger partial charge is 0.127 e. The predicted octanol–water partition coefficient (Wildman–Crippen LogP) is 7.43. The normalized spacial score (nSPS) is 11.3. The highest BCUT2D eigenvalue weighted by molar-refractivity contribution is 7.80. The fourth-order valence-electron chi connectivity index (χ4n) is 5.00. The van der Waals surface area contributed by atoms with Crippen LogP contribution >= 0.6 is 7.92 Å². The van der Waals surface area contributed by atoms with Gasteiger partial charge in [-0.1, -0.05) is 127 Å². The van der Waals surface area contributed by atoms with E-state index >= 15 is 0 Å². The third kappa shape index (κ3) is 3.89. The molecule has 0 amide bonds. The molecule has 0 aliphatic carbocycles. The Balaban J connectivity index is 1.72. The molecule has 0 N–H and O–H groups in total. The molecule has 0 aliphatic rings. The SMILES string of the molecule is COc1ccc2ccccc2c1-c1cccc2cccc(P(c3ccccc3)c3ccccc3)c12. The van der Waals surface area contributed by atoms with Crippen molar-refractivity contribution < 1.29 is 4.74 Å². The minimum Gasteiger partial charge on any atom is -0.496 e. The number of ether oxygens (including phenoxy) is 1. The molecule has 35 heavy (non-hydrogen) atoms. The van der Waals surface area contributed by atoms with Gasteiger partial charge in [-0.15, -0.1) is 0 Å². The van der Waals surface area contributed by atoms with Gasteiger partial charge in [0.2, 0.25) is 0 Å². The molecule has 0 aliphatic heterocycles. The van der Waals surface area contributed by atoms with Crippen molar-refractivity contribution >= 4 is 45.4 Å². The Morgan fingerprint density at radius 1 is 0.514 bits per heavy atom. The summed E-state index contributed by atoms with van der Waals surface area (Å²) in [4.78, 5) is 0.